The summed E-state index contributed by atoms with van der Waals surface area (Å²) in [6, 6.07) is 0.168. The third-order valence-corrected chi connectivity index (χ3v) is 5.37. The van der Waals surface area contributed by atoms with Gasteiger partial charge in [0.15, 0.2) is 0 Å². The Bertz CT molecular complexity index is 322. The van der Waals surface area contributed by atoms with Crippen LogP contribution in [0.5, 0.6) is 0 Å². The Hall–Kier alpha value is -0.300. The number of carbonyl (C=O) groups excluding carboxylic acids is 1. The molecule has 2 unspecified atom stereocenters. The van der Waals surface area contributed by atoms with Crippen LogP contribution >= 0.6 is 11.8 Å². The summed E-state index contributed by atoms with van der Waals surface area (Å²) in [7, 11) is 4.02. The molecule has 0 aliphatic carbocycles. The molecule has 2 atom stereocenters. The van der Waals surface area contributed by atoms with Crippen LogP contribution in [0.25, 0.3) is 0 Å². The number of rotatable bonds is 5. The van der Waals surface area contributed by atoms with Crippen LogP contribution < -0.4 is 5.32 Å². The van der Waals surface area contributed by atoms with E-state index < -0.39 is 0 Å². The highest BCUT2D eigenvalue weighted by Crippen LogP contribution is 2.24. The standard InChI is InChI=1S/C14H27N3O2S/c1-16(2)8-11-7-12(18)9-17(11)14(19)10-20-13-3-5-15-6-4-13/h11-13,15,18H,3-10H2,1-2H3. The summed E-state index contributed by atoms with van der Waals surface area (Å²) in [4.78, 5) is 16.4. The molecule has 0 bridgehead atoms. The van der Waals surface area contributed by atoms with Gasteiger partial charge >= 0.3 is 0 Å². The van der Waals surface area contributed by atoms with Crippen molar-refractivity contribution in [3.8, 4) is 0 Å². The van der Waals surface area contributed by atoms with Crippen LogP contribution in [0.4, 0.5) is 0 Å². The van der Waals surface area contributed by atoms with Gasteiger partial charge in [0.1, 0.15) is 0 Å². The Labute approximate surface area is 126 Å². The monoisotopic (exact) mass is 301 g/mol. The van der Waals surface area contributed by atoms with Gasteiger partial charge in [-0.1, -0.05) is 0 Å². The van der Waals surface area contributed by atoms with Crippen molar-refractivity contribution in [2.45, 2.75) is 36.7 Å². The van der Waals surface area contributed by atoms with E-state index in [0.29, 0.717) is 24.0 Å². The minimum absolute atomic E-state index is 0.168. The van der Waals surface area contributed by atoms with Gasteiger partial charge in [0.2, 0.25) is 5.91 Å². The van der Waals surface area contributed by atoms with Crippen molar-refractivity contribution < 1.29 is 9.90 Å². The van der Waals surface area contributed by atoms with Gasteiger partial charge in [-0.05, 0) is 46.4 Å². The van der Waals surface area contributed by atoms with Crippen molar-refractivity contribution in [1.29, 1.82) is 0 Å². The Morgan fingerprint density at radius 3 is 2.75 bits per heavy atom. The quantitative estimate of drug-likeness (QED) is 0.748. The number of nitrogens with zero attached hydrogens (tertiary/aromatic N) is 2. The van der Waals surface area contributed by atoms with Crippen molar-refractivity contribution in [2.24, 2.45) is 0 Å². The lowest BCUT2D eigenvalue weighted by molar-refractivity contribution is -0.129. The number of likely N-dealkylation sites (N-methyl/N-ethyl adjacent to an activating group) is 1. The summed E-state index contributed by atoms with van der Waals surface area (Å²) < 4.78 is 0. The Morgan fingerprint density at radius 2 is 2.10 bits per heavy atom. The summed E-state index contributed by atoms with van der Waals surface area (Å²) in [5.41, 5.74) is 0. The lowest BCUT2D eigenvalue weighted by Crippen LogP contribution is -2.42. The molecule has 2 rings (SSSR count). The van der Waals surface area contributed by atoms with Gasteiger partial charge < -0.3 is 20.2 Å². The van der Waals surface area contributed by atoms with Gasteiger partial charge in [-0.2, -0.15) is 0 Å². The second-order valence-corrected chi connectivity index (χ2v) is 7.40. The second kappa shape index (κ2) is 7.64. The van der Waals surface area contributed by atoms with Gasteiger partial charge in [-0.25, -0.2) is 0 Å². The zero-order valence-electron chi connectivity index (χ0n) is 12.5. The van der Waals surface area contributed by atoms with Crippen molar-refractivity contribution in [3.63, 3.8) is 0 Å². The molecule has 116 valence electrons. The third-order valence-electron chi connectivity index (χ3n) is 4.02. The second-order valence-electron chi connectivity index (χ2n) is 6.11. The largest absolute Gasteiger partial charge is 0.391 e. The average molecular weight is 301 g/mol. The molecule has 0 aromatic heterocycles. The predicted molar refractivity (Wildman–Crippen MR) is 83.0 cm³/mol. The molecule has 2 aliphatic heterocycles. The molecule has 5 nitrogen and oxygen atoms in total. The number of hydrogen-bond acceptors (Lipinski definition) is 5. The van der Waals surface area contributed by atoms with Gasteiger partial charge in [-0.3, -0.25) is 4.79 Å². The number of piperidine rings is 1. The number of β-amino-alcohol motifs (C(OH)–C–C–N with tert-alkyl or cyclic N) is 1. The van der Waals surface area contributed by atoms with Crippen molar-refractivity contribution in [3.05, 3.63) is 0 Å². The normalized spacial score (nSPS) is 28.3. The SMILES string of the molecule is CN(C)CC1CC(O)CN1C(=O)CSC1CCNCC1. The lowest BCUT2D eigenvalue weighted by Gasteiger charge is -2.28. The molecule has 2 fully saturated rings. The molecule has 0 saturated carbocycles. The number of hydrogen-bond donors (Lipinski definition) is 2. The molecule has 0 aromatic carbocycles. The first-order valence-electron chi connectivity index (χ1n) is 7.51. The van der Waals surface area contributed by atoms with Gasteiger partial charge in [-0.15, -0.1) is 11.8 Å². The molecule has 2 heterocycles. The van der Waals surface area contributed by atoms with Crippen LogP contribution in [-0.4, -0.2) is 84.2 Å². The van der Waals surface area contributed by atoms with E-state index in [-0.39, 0.29) is 18.1 Å². The minimum Gasteiger partial charge on any atom is -0.391 e. The number of aliphatic hydroxyl groups is 1. The van der Waals surface area contributed by atoms with E-state index in [9.17, 15) is 9.90 Å². The van der Waals surface area contributed by atoms with E-state index in [2.05, 4.69) is 10.2 Å². The van der Waals surface area contributed by atoms with E-state index in [4.69, 9.17) is 0 Å². The Kier molecular flexibility index (Phi) is 6.14. The number of thioether (sulfide) groups is 1. The number of carbonyl (C=O) groups is 1. The van der Waals surface area contributed by atoms with Gasteiger partial charge in [0, 0.05) is 24.4 Å². The maximum absolute atomic E-state index is 12.4. The maximum Gasteiger partial charge on any atom is 0.232 e. The summed E-state index contributed by atoms with van der Waals surface area (Å²) in [5.74, 6) is 0.748. The molecule has 2 N–H and O–H groups in total. The van der Waals surface area contributed by atoms with Crippen molar-refractivity contribution in [2.75, 3.05) is 46.0 Å². The number of likely N-dealkylation sites (tertiary alicyclic amines) is 1. The fourth-order valence-corrected chi connectivity index (χ4v) is 4.14. The minimum atomic E-state index is -0.354. The smallest absolute Gasteiger partial charge is 0.232 e. The van der Waals surface area contributed by atoms with Gasteiger partial charge in [0.05, 0.1) is 11.9 Å². The summed E-state index contributed by atoms with van der Waals surface area (Å²) in [6.45, 7) is 3.47. The summed E-state index contributed by atoms with van der Waals surface area (Å²) in [5, 5.41) is 13.8. The van der Waals surface area contributed by atoms with Crippen LogP contribution in [0.15, 0.2) is 0 Å². The predicted octanol–water partition coefficient (Wildman–Crippen LogP) is -0.00500. The first-order chi connectivity index (χ1) is 9.56. The van der Waals surface area contributed by atoms with Crippen LogP contribution in [-0.2, 0) is 4.79 Å². The highest BCUT2D eigenvalue weighted by Gasteiger charge is 2.34. The Morgan fingerprint density at radius 1 is 1.40 bits per heavy atom. The molecule has 0 spiro atoms. The Balaban J connectivity index is 1.80. The van der Waals surface area contributed by atoms with Crippen LogP contribution in [0.2, 0.25) is 0 Å². The van der Waals surface area contributed by atoms with E-state index in [1.165, 1.54) is 0 Å². The molecule has 2 aliphatic rings. The van der Waals surface area contributed by atoms with Crippen molar-refractivity contribution >= 4 is 17.7 Å². The van der Waals surface area contributed by atoms with Crippen molar-refractivity contribution in [1.82, 2.24) is 15.1 Å². The number of aliphatic hydroxyl groups excluding tert-OH is 1. The molecule has 1 amide bonds. The average Bonchev–Trinajstić information content (AvgIpc) is 2.77. The lowest BCUT2D eigenvalue weighted by atomic mass is 10.2. The van der Waals surface area contributed by atoms with E-state index >= 15 is 0 Å². The topological polar surface area (TPSA) is 55.8 Å². The number of nitrogens with one attached hydrogen (secondary N) is 1. The molecule has 0 radical (unpaired) electrons. The molecule has 20 heavy (non-hydrogen) atoms. The molecular weight excluding hydrogens is 274 g/mol. The van der Waals surface area contributed by atoms with Crippen LogP contribution in [0.1, 0.15) is 19.3 Å². The highest BCUT2D eigenvalue weighted by atomic mass is 32.2. The first-order valence-corrected chi connectivity index (χ1v) is 8.55. The zero-order valence-corrected chi connectivity index (χ0v) is 13.4. The van der Waals surface area contributed by atoms with Crippen LogP contribution in [0, 0.1) is 0 Å². The molecular formula is C14H27N3O2S. The molecule has 6 heteroatoms. The fraction of sp³-hybridized carbons (Fsp3) is 0.929. The summed E-state index contributed by atoms with van der Waals surface area (Å²) >= 11 is 1.79. The zero-order chi connectivity index (χ0) is 14.5. The fourth-order valence-electron chi connectivity index (χ4n) is 3.03. The van der Waals surface area contributed by atoms with Gasteiger partial charge in [0.25, 0.3) is 0 Å². The van der Waals surface area contributed by atoms with E-state index in [0.717, 1.165) is 32.5 Å². The first kappa shape index (κ1) is 16.1. The van der Waals surface area contributed by atoms with E-state index in [1.807, 2.05) is 19.0 Å². The van der Waals surface area contributed by atoms with E-state index in [1.54, 1.807) is 11.8 Å². The summed E-state index contributed by atoms with van der Waals surface area (Å²) in [6.07, 6.45) is 2.67. The third kappa shape index (κ3) is 4.62. The molecule has 2 saturated heterocycles. The molecule has 0 aromatic rings. The van der Waals surface area contributed by atoms with Crippen LogP contribution in [0.3, 0.4) is 0 Å². The maximum atomic E-state index is 12.4. The highest BCUT2D eigenvalue weighted by molar-refractivity contribution is 8.00. The number of amides is 1.